The number of aromatic nitrogens is 3. The van der Waals surface area contributed by atoms with Gasteiger partial charge < -0.3 is 10.1 Å². The normalized spacial score (nSPS) is 13.2. The quantitative estimate of drug-likeness (QED) is 0.760. The number of halogens is 1. The molecule has 3 rings (SSSR count). The number of amides is 3. The van der Waals surface area contributed by atoms with Crippen molar-refractivity contribution >= 4 is 29.5 Å². The lowest BCUT2D eigenvalue weighted by molar-refractivity contribution is -0.123. The summed E-state index contributed by atoms with van der Waals surface area (Å²) in [5, 5.41) is 13.4. The second-order valence-electron chi connectivity index (χ2n) is 5.78. The first-order chi connectivity index (χ1) is 12.4. The Balaban J connectivity index is 1.57. The molecular formula is C16H16ClN5O4. The van der Waals surface area contributed by atoms with E-state index in [9.17, 15) is 14.4 Å². The van der Waals surface area contributed by atoms with Crippen LogP contribution in [0.1, 0.15) is 29.0 Å². The number of imide groups is 1. The van der Waals surface area contributed by atoms with Crippen LogP contribution in [0.25, 0.3) is 5.69 Å². The molecule has 1 aliphatic carbocycles. The van der Waals surface area contributed by atoms with Crippen LogP contribution in [-0.4, -0.2) is 45.6 Å². The highest BCUT2D eigenvalue weighted by atomic mass is 35.5. The van der Waals surface area contributed by atoms with Crippen LogP contribution in [0.5, 0.6) is 0 Å². The first-order valence-corrected chi connectivity index (χ1v) is 8.27. The van der Waals surface area contributed by atoms with E-state index in [2.05, 4.69) is 20.8 Å². The van der Waals surface area contributed by atoms with E-state index in [1.807, 2.05) is 0 Å². The van der Waals surface area contributed by atoms with Gasteiger partial charge in [-0.25, -0.2) is 9.59 Å². The first-order valence-electron chi connectivity index (χ1n) is 7.90. The molecule has 1 aromatic carbocycles. The Morgan fingerprint density at radius 2 is 2.08 bits per heavy atom. The SMILES string of the molecule is Cc1nn(-c2cccc(Cl)c2)nc1C(=O)OCC(=O)NC(=O)NC1CC1. The molecule has 2 N–H and O–H groups in total. The number of hydrogen-bond acceptors (Lipinski definition) is 6. The van der Waals surface area contributed by atoms with Crippen LogP contribution in [-0.2, 0) is 9.53 Å². The summed E-state index contributed by atoms with van der Waals surface area (Å²) < 4.78 is 4.89. The summed E-state index contributed by atoms with van der Waals surface area (Å²) in [4.78, 5) is 36.4. The zero-order valence-corrected chi connectivity index (χ0v) is 14.6. The highest BCUT2D eigenvalue weighted by Crippen LogP contribution is 2.18. The van der Waals surface area contributed by atoms with Crippen molar-refractivity contribution < 1.29 is 19.1 Å². The van der Waals surface area contributed by atoms with Gasteiger partial charge in [-0.2, -0.15) is 9.90 Å². The maximum absolute atomic E-state index is 12.1. The number of rotatable bonds is 5. The average molecular weight is 378 g/mol. The number of nitrogens with one attached hydrogen (secondary N) is 2. The molecule has 0 spiro atoms. The molecule has 0 bridgehead atoms. The van der Waals surface area contributed by atoms with Crippen molar-refractivity contribution in [2.24, 2.45) is 0 Å². The molecule has 2 aromatic rings. The number of esters is 1. The summed E-state index contributed by atoms with van der Waals surface area (Å²) in [6.45, 7) is 0.994. The van der Waals surface area contributed by atoms with Gasteiger partial charge in [0.1, 0.15) is 0 Å². The van der Waals surface area contributed by atoms with Crippen LogP contribution in [0, 0.1) is 6.92 Å². The Kier molecular flexibility index (Phi) is 5.17. The minimum atomic E-state index is -0.812. The van der Waals surface area contributed by atoms with Crippen LogP contribution in [0.2, 0.25) is 5.02 Å². The van der Waals surface area contributed by atoms with Crippen LogP contribution in [0.3, 0.4) is 0 Å². The minimum absolute atomic E-state index is 0.0276. The van der Waals surface area contributed by atoms with Gasteiger partial charge in [0, 0.05) is 11.1 Å². The van der Waals surface area contributed by atoms with Gasteiger partial charge in [0.15, 0.2) is 12.3 Å². The third kappa shape index (κ3) is 4.57. The average Bonchev–Trinajstić information content (AvgIpc) is 3.31. The van der Waals surface area contributed by atoms with Gasteiger partial charge in [0.05, 0.1) is 11.4 Å². The van der Waals surface area contributed by atoms with Gasteiger partial charge in [-0.05, 0) is 38.0 Å². The number of aryl methyl sites for hydroxylation is 1. The molecule has 136 valence electrons. The number of hydrogen-bond donors (Lipinski definition) is 2. The number of ether oxygens (including phenoxy) is 1. The Morgan fingerprint density at radius 3 is 2.77 bits per heavy atom. The number of carbonyl (C=O) groups excluding carboxylic acids is 3. The zero-order valence-electron chi connectivity index (χ0n) is 13.9. The summed E-state index contributed by atoms with van der Waals surface area (Å²) in [5.41, 5.74) is 0.885. The van der Waals surface area contributed by atoms with Gasteiger partial charge in [-0.1, -0.05) is 17.7 Å². The second-order valence-corrected chi connectivity index (χ2v) is 6.21. The molecule has 0 atom stereocenters. The van der Waals surface area contributed by atoms with E-state index in [0.717, 1.165) is 12.8 Å². The lowest BCUT2D eigenvalue weighted by Gasteiger charge is -2.05. The monoisotopic (exact) mass is 377 g/mol. The summed E-state index contributed by atoms with van der Waals surface area (Å²) in [7, 11) is 0. The highest BCUT2D eigenvalue weighted by Gasteiger charge is 2.24. The molecule has 1 fully saturated rings. The van der Waals surface area contributed by atoms with E-state index in [0.29, 0.717) is 16.4 Å². The number of nitrogens with zero attached hydrogens (tertiary/aromatic N) is 3. The zero-order chi connectivity index (χ0) is 18.7. The van der Waals surface area contributed by atoms with Gasteiger partial charge in [0.25, 0.3) is 5.91 Å². The minimum Gasteiger partial charge on any atom is -0.451 e. The van der Waals surface area contributed by atoms with Gasteiger partial charge in [-0.15, -0.1) is 5.10 Å². The lowest BCUT2D eigenvalue weighted by Crippen LogP contribution is -2.42. The van der Waals surface area contributed by atoms with E-state index in [4.69, 9.17) is 16.3 Å². The van der Waals surface area contributed by atoms with Crippen molar-refractivity contribution in [1.29, 1.82) is 0 Å². The van der Waals surface area contributed by atoms with Crippen molar-refractivity contribution in [3.05, 3.63) is 40.7 Å². The summed E-state index contributed by atoms with van der Waals surface area (Å²) in [6.07, 6.45) is 1.80. The number of urea groups is 1. The van der Waals surface area contributed by atoms with E-state index in [-0.39, 0.29) is 11.7 Å². The van der Waals surface area contributed by atoms with Crippen LogP contribution < -0.4 is 10.6 Å². The van der Waals surface area contributed by atoms with Crippen molar-refractivity contribution in [2.45, 2.75) is 25.8 Å². The highest BCUT2D eigenvalue weighted by molar-refractivity contribution is 6.30. The Morgan fingerprint density at radius 1 is 1.31 bits per heavy atom. The number of carbonyl (C=O) groups is 3. The maximum Gasteiger partial charge on any atom is 0.361 e. The molecule has 0 aliphatic heterocycles. The van der Waals surface area contributed by atoms with E-state index >= 15 is 0 Å². The van der Waals surface area contributed by atoms with Gasteiger partial charge in [0.2, 0.25) is 0 Å². The summed E-state index contributed by atoms with van der Waals surface area (Å²) >= 11 is 5.93. The van der Waals surface area contributed by atoms with Crippen LogP contribution in [0.15, 0.2) is 24.3 Å². The molecule has 0 unspecified atom stereocenters. The summed E-state index contributed by atoms with van der Waals surface area (Å²) in [5.74, 6) is -1.54. The van der Waals surface area contributed by atoms with Crippen LogP contribution in [0.4, 0.5) is 4.79 Å². The van der Waals surface area contributed by atoms with Crippen molar-refractivity contribution in [2.75, 3.05) is 6.61 Å². The smallest absolute Gasteiger partial charge is 0.361 e. The molecule has 10 heteroatoms. The predicted molar refractivity (Wildman–Crippen MR) is 91.1 cm³/mol. The standard InChI is InChI=1S/C16H16ClN5O4/c1-9-14(21-22(20-9)12-4-2-3-10(17)7-12)15(24)26-8-13(23)19-16(25)18-11-5-6-11/h2-4,7,11H,5-6,8H2,1H3,(H2,18,19,23,25). The fourth-order valence-electron chi connectivity index (χ4n) is 2.09. The third-order valence-corrected chi connectivity index (χ3v) is 3.75. The molecule has 1 saturated carbocycles. The topological polar surface area (TPSA) is 115 Å². The fourth-order valence-corrected chi connectivity index (χ4v) is 2.28. The predicted octanol–water partition coefficient (Wildman–Crippen LogP) is 1.37. The molecular weight excluding hydrogens is 362 g/mol. The molecule has 1 aliphatic rings. The molecule has 1 aromatic heterocycles. The van der Waals surface area contributed by atoms with Gasteiger partial charge >= 0.3 is 12.0 Å². The largest absolute Gasteiger partial charge is 0.451 e. The van der Waals surface area contributed by atoms with Crippen molar-refractivity contribution in [3.8, 4) is 5.69 Å². The second kappa shape index (κ2) is 7.52. The fraction of sp³-hybridized carbons (Fsp3) is 0.312. The molecule has 0 saturated heterocycles. The Bertz CT molecular complexity index is 862. The Hall–Kier alpha value is -2.94. The van der Waals surface area contributed by atoms with E-state index < -0.39 is 24.5 Å². The molecule has 1 heterocycles. The first kappa shape index (κ1) is 17.9. The van der Waals surface area contributed by atoms with E-state index in [1.165, 1.54) is 4.80 Å². The van der Waals surface area contributed by atoms with Crippen molar-refractivity contribution in [3.63, 3.8) is 0 Å². The van der Waals surface area contributed by atoms with Gasteiger partial charge in [-0.3, -0.25) is 10.1 Å². The third-order valence-electron chi connectivity index (χ3n) is 3.51. The van der Waals surface area contributed by atoms with E-state index in [1.54, 1.807) is 31.2 Å². The maximum atomic E-state index is 12.1. The molecule has 3 amide bonds. The molecule has 26 heavy (non-hydrogen) atoms. The van der Waals surface area contributed by atoms with Crippen LogP contribution >= 0.6 is 11.6 Å². The summed E-state index contributed by atoms with van der Waals surface area (Å²) in [6, 6.07) is 6.32. The molecule has 9 nitrogen and oxygen atoms in total. The van der Waals surface area contributed by atoms with Crippen molar-refractivity contribution in [1.82, 2.24) is 25.6 Å². The Labute approximate surface area is 153 Å². The lowest BCUT2D eigenvalue weighted by atomic mass is 10.3. The number of benzene rings is 1. The molecule has 0 radical (unpaired) electrons.